The molecule has 2 amide bonds. The molecule has 0 atom stereocenters. The molecular formula is C18H15BrF5N5O2S. The summed E-state index contributed by atoms with van der Waals surface area (Å²) in [5.74, 6) is -1.52. The molecular weight excluding hydrogens is 525 g/mol. The van der Waals surface area contributed by atoms with Gasteiger partial charge in [0.05, 0.1) is 22.4 Å². The van der Waals surface area contributed by atoms with E-state index in [-0.39, 0.29) is 38.5 Å². The highest BCUT2D eigenvalue weighted by Gasteiger charge is 2.38. The van der Waals surface area contributed by atoms with Gasteiger partial charge in [0.25, 0.3) is 12.3 Å². The van der Waals surface area contributed by atoms with Crippen LogP contribution in [0, 0.1) is 13.8 Å². The van der Waals surface area contributed by atoms with Gasteiger partial charge >= 0.3 is 6.18 Å². The standard InChI is InChI=1S/C18H15BrF5N5O2S/c1-6-5-8(15(20)21)26-17-10(6)12(13(32-17)16(25)31)27-9(30)3-4-29-7(2)11(19)14(28-29)18(22,23)24/h5,15H,3-4H2,1-2H3,(H2,25,31)(H,27,30). The Morgan fingerprint density at radius 1 is 1.31 bits per heavy atom. The number of nitrogens with two attached hydrogens (primary N) is 1. The Labute approximate surface area is 189 Å². The number of nitrogens with one attached hydrogen (secondary N) is 1. The SMILES string of the molecule is Cc1cc(C(F)F)nc2sc(C(N)=O)c(NC(=O)CCn3nc(C(F)(F)F)c(Br)c3C)c12. The van der Waals surface area contributed by atoms with E-state index in [1.165, 1.54) is 13.8 Å². The van der Waals surface area contributed by atoms with E-state index in [0.717, 1.165) is 22.1 Å². The fraction of sp³-hybridized carbons (Fsp3) is 0.333. The number of pyridine rings is 1. The molecule has 0 aliphatic carbocycles. The van der Waals surface area contributed by atoms with Crippen LogP contribution in [0.25, 0.3) is 10.2 Å². The monoisotopic (exact) mass is 539 g/mol. The first-order valence-corrected chi connectivity index (χ1v) is 10.5. The molecule has 0 unspecified atom stereocenters. The molecule has 3 heterocycles. The minimum atomic E-state index is -4.66. The molecule has 0 aliphatic rings. The molecule has 3 rings (SSSR count). The van der Waals surface area contributed by atoms with Crippen LogP contribution in [-0.4, -0.2) is 26.6 Å². The van der Waals surface area contributed by atoms with E-state index in [0.29, 0.717) is 10.9 Å². The number of halogens is 6. The lowest BCUT2D eigenvalue weighted by Gasteiger charge is -2.09. The van der Waals surface area contributed by atoms with Crippen LogP contribution in [0.3, 0.4) is 0 Å². The number of carbonyl (C=O) groups excluding carboxylic acids is 2. The number of alkyl halides is 5. The van der Waals surface area contributed by atoms with Crippen LogP contribution in [0.5, 0.6) is 0 Å². The smallest absolute Gasteiger partial charge is 0.365 e. The number of rotatable bonds is 6. The summed E-state index contributed by atoms with van der Waals surface area (Å²) in [5.41, 5.74) is 4.35. The van der Waals surface area contributed by atoms with Gasteiger partial charge in [-0.1, -0.05) is 0 Å². The molecule has 0 saturated carbocycles. The van der Waals surface area contributed by atoms with E-state index in [9.17, 15) is 31.5 Å². The van der Waals surface area contributed by atoms with Crippen molar-refractivity contribution < 1.29 is 31.5 Å². The predicted octanol–water partition coefficient (Wildman–Crippen LogP) is 4.96. The topological polar surface area (TPSA) is 103 Å². The summed E-state index contributed by atoms with van der Waals surface area (Å²) in [6.07, 6.45) is -7.76. The minimum absolute atomic E-state index is 0.0302. The summed E-state index contributed by atoms with van der Waals surface area (Å²) >= 11 is 3.62. The van der Waals surface area contributed by atoms with Crippen molar-refractivity contribution in [3.63, 3.8) is 0 Å². The Morgan fingerprint density at radius 2 is 1.97 bits per heavy atom. The van der Waals surface area contributed by atoms with Gasteiger partial charge in [-0.25, -0.2) is 13.8 Å². The zero-order valence-electron chi connectivity index (χ0n) is 16.5. The highest BCUT2D eigenvalue weighted by molar-refractivity contribution is 9.10. The first kappa shape index (κ1) is 24.0. The van der Waals surface area contributed by atoms with Crippen molar-refractivity contribution in [2.45, 2.75) is 39.4 Å². The van der Waals surface area contributed by atoms with Crippen molar-refractivity contribution in [1.82, 2.24) is 14.8 Å². The Morgan fingerprint density at radius 3 is 2.50 bits per heavy atom. The zero-order valence-corrected chi connectivity index (χ0v) is 18.9. The van der Waals surface area contributed by atoms with Gasteiger partial charge in [0.15, 0.2) is 5.69 Å². The molecule has 14 heteroatoms. The second-order valence-electron chi connectivity index (χ2n) is 6.78. The third-order valence-electron chi connectivity index (χ3n) is 4.54. The highest BCUT2D eigenvalue weighted by Crippen LogP contribution is 2.38. The van der Waals surface area contributed by atoms with Crippen molar-refractivity contribution >= 4 is 55.0 Å². The number of aromatic nitrogens is 3. The largest absolute Gasteiger partial charge is 0.436 e. The normalized spacial score (nSPS) is 12.0. The van der Waals surface area contributed by atoms with Gasteiger partial charge in [0.2, 0.25) is 5.91 Å². The van der Waals surface area contributed by atoms with Crippen LogP contribution in [0.1, 0.15) is 45.2 Å². The minimum Gasteiger partial charge on any atom is -0.365 e. The number of primary amides is 1. The number of carbonyl (C=O) groups is 2. The van der Waals surface area contributed by atoms with Crippen molar-refractivity contribution in [2.75, 3.05) is 5.32 Å². The second-order valence-corrected chi connectivity index (χ2v) is 8.57. The number of amides is 2. The van der Waals surface area contributed by atoms with E-state index in [4.69, 9.17) is 5.73 Å². The van der Waals surface area contributed by atoms with Crippen LogP contribution in [0.4, 0.5) is 27.6 Å². The van der Waals surface area contributed by atoms with Gasteiger partial charge in [-0.05, 0) is 41.4 Å². The lowest BCUT2D eigenvalue weighted by Crippen LogP contribution is -2.19. The van der Waals surface area contributed by atoms with E-state index in [1.54, 1.807) is 0 Å². The Balaban J connectivity index is 1.87. The lowest BCUT2D eigenvalue weighted by atomic mass is 10.1. The average Bonchev–Trinajstić information content (AvgIpc) is 3.18. The molecule has 0 radical (unpaired) electrons. The maximum Gasteiger partial charge on any atom is 0.436 e. The summed E-state index contributed by atoms with van der Waals surface area (Å²) in [6, 6.07) is 1.14. The van der Waals surface area contributed by atoms with Gasteiger partial charge in [-0.3, -0.25) is 14.3 Å². The number of nitrogens with zero attached hydrogens (tertiary/aromatic N) is 3. The molecule has 32 heavy (non-hydrogen) atoms. The van der Waals surface area contributed by atoms with E-state index < -0.39 is 35.8 Å². The fourth-order valence-corrected chi connectivity index (χ4v) is 4.62. The molecule has 0 aromatic carbocycles. The van der Waals surface area contributed by atoms with Gasteiger partial charge < -0.3 is 11.1 Å². The molecule has 172 valence electrons. The lowest BCUT2D eigenvalue weighted by molar-refractivity contribution is -0.142. The summed E-state index contributed by atoms with van der Waals surface area (Å²) in [4.78, 5) is 28.2. The van der Waals surface area contributed by atoms with Crippen molar-refractivity contribution in [3.05, 3.63) is 38.1 Å². The Kier molecular flexibility index (Phi) is 6.56. The zero-order chi connectivity index (χ0) is 24.0. The molecule has 3 aromatic heterocycles. The predicted molar refractivity (Wildman–Crippen MR) is 111 cm³/mol. The highest BCUT2D eigenvalue weighted by atomic mass is 79.9. The van der Waals surface area contributed by atoms with Crippen LogP contribution >= 0.6 is 27.3 Å². The van der Waals surface area contributed by atoms with Crippen LogP contribution in [0.2, 0.25) is 0 Å². The summed E-state index contributed by atoms with van der Waals surface area (Å²) < 4.78 is 65.9. The van der Waals surface area contributed by atoms with Crippen LogP contribution in [-0.2, 0) is 17.5 Å². The third kappa shape index (κ3) is 4.60. The molecule has 0 fully saturated rings. The number of hydrogen-bond acceptors (Lipinski definition) is 5. The van der Waals surface area contributed by atoms with Crippen LogP contribution in [0.15, 0.2) is 10.5 Å². The summed E-state index contributed by atoms with van der Waals surface area (Å²) in [7, 11) is 0. The summed E-state index contributed by atoms with van der Waals surface area (Å²) in [6.45, 7) is 2.76. The quantitative estimate of drug-likeness (QED) is 0.432. The van der Waals surface area contributed by atoms with E-state index in [2.05, 4.69) is 31.3 Å². The maximum absolute atomic E-state index is 13.0. The molecule has 0 aliphatic heterocycles. The molecule has 0 saturated heterocycles. The van der Waals surface area contributed by atoms with Crippen LogP contribution < -0.4 is 11.1 Å². The van der Waals surface area contributed by atoms with Crippen molar-refractivity contribution in [1.29, 1.82) is 0 Å². The first-order chi connectivity index (χ1) is 14.8. The van der Waals surface area contributed by atoms with Crippen molar-refractivity contribution in [3.8, 4) is 0 Å². The first-order valence-electron chi connectivity index (χ1n) is 8.93. The third-order valence-corrected chi connectivity index (χ3v) is 6.59. The Bertz CT molecular complexity index is 1220. The molecule has 0 bridgehead atoms. The molecule has 3 N–H and O–H groups in total. The maximum atomic E-state index is 13.0. The molecule has 0 spiro atoms. The van der Waals surface area contributed by atoms with Gasteiger partial charge in [0.1, 0.15) is 15.4 Å². The number of aryl methyl sites for hydroxylation is 2. The van der Waals surface area contributed by atoms with Gasteiger partial charge in [-0.2, -0.15) is 18.3 Å². The van der Waals surface area contributed by atoms with E-state index >= 15 is 0 Å². The Hall–Kier alpha value is -2.61. The number of anilines is 1. The number of fused-ring (bicyclic) bond motifs is 1. The molecule has 3 aromatic rings. The summed E-state index contributed by atoms with van der Waals surface area (Å²) in [5, 5.41) is 6.30. The molecule has 7 nitrogen and oxygen atoms in total. The number of hydrogen-bond donors (Lipinski definition) is 2. The van der Waals surface area contributed by atoms with Crippen molar-refractivity contribution in [2.24, 2.45) is 5.73 Å². The second kappa shape index (κ2) is 8.73. The van der Waals surface area contributed by atoms with Gasteiger partial charge in [-0.15, -0.1) is 11.3 Å². The van der Waals surface area contributed by atoms with E-state index in [1.807, 2.05) is 0 Å². The number of thiophene rings is 1. The van der Waals surface area contributed by atoms with Gasteiger partial charge in [0, 0.05) is 11.8 Å². The average molecular weight is 540 g/mol. The fourth-order valence-electron chi connectivity index (χ4n) is 3.04.